The van der Waals surface area contributed by atoms with E-state index >= 15 is 0 Å². The van der Waals surface area contributed by atoms with Crippen molar-refractivity contribution in [1.29, 1.82) is 0 Å². The standard InChI is InChI=1S/C19H31N2O3S2.Y/c1-4-5-6-7-10-19(22)17-11-13-18(14-12-17)20-21(26(3,23)24)15-8-9-16-25-2;/h8-9,11-14,19-20,22H,2,4-7,10,15-16H2,1,3H3;/q-1;/b9-8-;. The molecule has 1 unspecified atom stereocenters. The van der Waals surface area contributed by atoms with Crippen LogP contribution < -0.4 is 5.43 Å². The average molecular weight is 489 g/mol. The summed E-state index contributed by atoms with van der Waals surface area (Å²) in [7, 11) is -3.40. The molecule has 151 valence electrons. The van der Waals surface area contributed by atoms with E-state index in [4.69, 9.17) is 0 Å². The van der Waals surface area contributed by atoms with Crippen LogP contribution in [0.1, 0.15) is 50.7 Å². The maximum Gasteiger partial charge on any atom is 0.228 e. The molecule has 0 spiro atoms. The summed E-state index contributed by atoms with van der Waals surface area (Å²) in [5, 5.41) is 10.2. The van der Waals surface area contributed by atoms with Gasteiger partial charge in [-0.1, -0.05) is 56.9 Å². The van der Waals surface area contributed by atoms with Crippen LogP contribution in [0, 0.1) is 6.26 Å². The van der Waals surface area contributed by atoms with Gasteiger partial charge in [0.15, 0.2) is 0 Å². The number of sulfonamides is 1. The van der Waals surface area contributed by atoms with Gasteiger partial charge in [0.1, 0.15) is 0 Å². The van der Waals surface area contributed by atoms with Crippen molar-refractivity contribution in [2.45, 2.75) is 45.1 Å². The molecule has 1 radical (unpaired) electrons. The Morgan fingerprint density at radius 1 is 1.22 bits per heavy atom. The smallest absolute Gasteiger partial charge is 0.228 e. The molecule has 0 bridgehead atoms. The summed E-state index contributed by atoms with van der Waals surface area (Å²) in [6, 6.07) is 7.25. The fourth-order valence-electron chi connectivity index (χ4n) is 2.43. The van der Waals surface area contributed by atoms with E-state index in [1.165, 1.54) is 35.3 Å². The number of anilines is 1. The van der Waals surface area contributed by atoms with Crippen molar-refractivity contribution < 1.29 is 46.2 Å². The second-order valence-corrected chi connectivity index (χ2v) is 8.88. The molecule has 1 aromatic rings. The van der Waals surface area contributed by atoms with E-state index < -0.39 is 16.1 Å². The predicted octanol–water partition coefficient (Wildman–Crippen LogP) is 4.36. The quantitative estimate of drug-likeness (QED) is 0.187. The largest absolute Gasteiger partial charge is 0.388 e. The summed E-state index contributed by atoms with van der Waals surface area (Å²) < 4.78 is 25.0. The van der Waals surface area contributed by atoms with E-state index in [0.29, 0.717) is 5.69 Å². The third kappa shape index (κ3) is 11.6. The molecule has 0 saturated carbocycles. The van der Waals surface area contributed by atoms with Gasteiger partial charge >= 0.3 is 0 Å². The molecule has 8 heteroatoms. The minimum absolute atomic E-state index is 0. The van der Waals surface area contributed by atoms with E-state index in [9.17, 15) is 13.5 Å². The third-order valence-corrected chi connectivity index (χ3v) is 5.40. The van der Waals surface area contributed by atoms with Crippen molar-refractivity contribution in [3.63, 3.8) is 0 Å². The molecule has 0 saturated heterocycles. The monoisotopic (exact) mass is 488 g/mol. The van der Waals surface area contributed by atoms with Crippen LogP contribution in [0.3, 0.4) is 0 Å². The van der Waals surface area contributed by atoms with Gasteiger partial charge < -0.3 is 22.3 Å². The van der Waals surface area contributed by atoms with Gasteiger partial charge in [0, 0.05) is 32.7 Å². The number of rotatable bonds is 13. The molecular formula is C19H31N2O3S2Y-. The maximum absolute atomic E-state index is 11.9. The molecule has 27 heavy (non-hydrogen) atoms. The van der Waals surface area contributed by atoms with Crippen molar-refractivity contribution in [1.82, 2.24) is 4.41 Å². The molecule has 0 aliphatic carbocycles. The van der Waals surface area contributed by atoms with Gasteiger partial charge in [-0.05, 0) is 29.9 Å². The number of benzene rings is 1. The van der Waals surface area contributed by atoms with Crippen molar-refractivity contribution >= 4 is 27.5 Å². The zero-order valence-corrected chi connectivity index (χ0v) is 20.8. The topological polar surface area (TPSA) is 69.6 Å². The number of aliphatic hydroxyl groups excluding tert-OH is 1. The molecule has 0 aliphatic rings. The van der Waals surface area contributed by atoms with Crippen molar-refractivity contribution in [3.05, 3.63) is 48.2 Å². The van der Waals surface area contributed by atoms with Crippen LogP contribution in [-0.2, 0) is 42.7 Å². The number of unbranched alkanes of at least 4 members (excludes halogenated alkanes) is 3. The van der Waals surface area contributed by atoms with Crippen LogP contribution >= 0.6 is 11.8 Å². The van der Waals surface area contributed by atoms with Gasteiger partial charge in [-0.15, -0.1) is 4.41 Å². The summed E-state index contributed by atoms with van der Waals surface area (Å²) in [5.41, 5.74) is 4.43. The molecule has 0 fully saturated rings. The molecule has 5 nitrogen and oxygen atoms in total. The number of thioether (sulfide) groups is 1. The van der Waals surface area contributed by atoms with Gasteiger partial charge in [0.25, 0.3) is 0 Å². The van der Waals surface area contributed by atoms with Crippen LogP contribution in [0.4, 0.5) is 5.69 Å². The molecular weight excluding hydrogens is 457 g/mol. The van der Waals surface area contributed by atoms with E-state index in [1.807, 2.05) is 18.2 Å². The fourth-order valence-corrected chi connectivity index (χ4v) is 3.33. The zero-order valence-electron chi connectivity index (χ0n) is 16.3. The molecule has 1 rings (SSSR count). The normalized spacial score (nSPS) is 12.9. The fraction of sp³-hybridized carbons (Fsp3) is 0.526. The Balaban J connectivity index is 0.00000676. The Hall–Kier alpha value is 0.0839. The summed E-state index contributed by atoms with van der Waals surface area (Å²) >= 11 is 1.43. The molecule has 0 aromatic heterocycles. The number of hydrogen-bond acceptors (Lipinski definition) is 5. The van der Waals surface area contributed by atoms with Crippen molar-refractivity contribution in [2.75, 3.05) is 24.0 Å². The number of aliphatic hydroxyl groups is 1. The van der Waals surface area contributed by atoms with Crippen LogP contribution in [0.15, 0.2) is 36.4 Å². The SMILES string of the molecule is [CH2-]SC/C=C\CN(Nc1ccc(C(O)CCCCCC)cc1)S(C)(=O)=O.[Y]. The molecule has 0 amide bonds. The summed E-state index contributed by atoms with van der Waals surface area (Å²) in [6.07, 6.45) is 13.3. The summed E-state index contributed by atoms with van der Waals surface area (Å²) in [6.45, 7) is 2.40. The van der Waals surface area contributed by atoms with Crippen LogP contribution in [-0.4, -0.2) is 36.5 Å². The molecule has 0 aliphatic heterocycles. The predicted molar refractivity (Wildman–Crippen MR) is 112 cm³/mol. The van der Waals surface area contributed by atoms with Crippen LogP contribution in [0.5, 0.6) is 0 Å². The molecule has 0 heterocycles. The second-order valence-electron chi connectivity index (χ2n) is 6.24. The number of hydrazine groups is 1. The Morgan fingerprint density at radius 2 is 1.89 bits per heavy atom. The van der Waals surface area contributed by atoms with Gasteiger partial charge in [-0.25, -0.2) is 8.42 Å². The molecule has 1 atom stereocenters. The van der Waals surface area contributed by atoms with E-state index in [1.54, 1.807) is 18.2 Å². The van der Waals surface area contributed by atoms with Crippen LogP contribution in [0.2, 0.25) is 0 Å². The average Bonchev–Trinajstić information content (AvgIpc) is 2.61. The van der Waals surface area contributed by atoms with Gasteiger partial charge in [-0.2, -0.15) is 0 Å². The number of hydrogen-bond donors (Lipinski definition) is 2. The Morgan fingerprint density at radius 3 is 2.44 bits per heavy atom. The minimum atomic E-state index is -3.40. The van der Waals surface area contributed by atoms with Gasteiger partial charge in [0.05, 0.1) is 24.6 Å². The Labute approximate surface area is 194 Å². The van der Waals surface area contributed by atoms with E-state index in [2.05, 4.69) is 18.6 Å². The summed E-state index contributed by atoms with van der Waals surface area (Å²) in [4.78, 5) is 0. The van der Waals surface area contributed by atoms with Crippen LogP contribution in [0.25, 0.3) is 0 Å². The first-order chi connectivity index (χ1) is 12.4. The maximum atomic E-state index is 11.9. The van der Waals surface area contributed by atoms with E-state index in [0.717, 1.165) is 30.6 Å². The molecule has 2 N–H and O–H groups in total. The third-order valence-electron chi connectivity index (χ3n) is 3.93. The van der Waals surface area contributed by atoms with Gasteiger partial charge in [-0.3, -0.25) is 6.26 Å². The van der Waals surface area contributed by atoms with Crippen molar-refractivity contribution in [2.24, 2.45) is 0 Å². The first kappa shape index (κ1) is 27.1. The number of nitrogens with one attached hydrogen (secondary N) is 1. The Kier molecular flexibility index (Phi) is 15.0. The van der Waals surface area contributed by atoms with E-state index in [-0.39, 0.29) is 39.3 Å². The number of nitrogens with zero attached hydrogens (tertiary/aromatic N) is 1. The Bertz CT molecular complexity index is 637. The van der Waals surface area contributed by atoms with Crippen molar-refractivity contribution in [3.8, 4) is 0 Å². The zero-order chi connectivity index (χ0) is 19.4. The summed E-state index contributed by atoms with van der Waals surface area (Å²) in [5.74, 6) is 0.739. The second kappa shape index (κ2) is 15.0. The minimum Gasteiger partial charge on any atom is -0.388 e. The van der Waals surface area contributed by atoms with Gasteiger partial charge in [0.2, 0.25) is 10.0 Å². The first-order valence-corrected chi connectivity index (χ1v) is 11.9. The first-order valence-electron chi connectivity index (χ1n) is 8.92. The molecule has 1 aromatic carbocycles.